The Labute approximate surface area is 195 Å². The van der Waals surface area contributed by atoms with Gasteiger partial charge >= 0.3 is 5.97 Å². The van der Waals surface area contributed by atoms with E-state index in [0.29, 0.717) is 19.3 Å². The summed E-state index contributed by atoms with van der Waals surface area (Å²) in [6.07, 6.45) is 15.6. The molecule has 0 aliphatic carbocycles. The molecule has 0 aromatic rings. The second kappa shape index (κ2) is 18.5. The molecule has 188 valence electrons. The molecule has 0 saturated heterocycles. The molecule has 1 heterocycles. The van der Waals surface area contributed by atoms with Gasteiger partial charge < -0.3 is 25.2 Å². The van der Waals surface area contributed by atoms with E-state index in [0.717, 1.165) is 19.3 Å². The number of cyclic esters (lactones) is 1. The number of esters is 1. The highest BCUT2D eigenvalue weighted by Gasteiger charge is 2.22. The molecule has 0 bridgehead atoms. The van der Waals surface area contributed by atoms with Gasteiger partial charge in [0.2, 0.25) is 0 Å². The molecule has 0 saturated carbocycles. The Balaban J connectivity index is 1.99. The van der Waals surface area contributed by atoms with Crippen molar-refractivity contribution in [2.75, 3.05) is 0 Å². The maximum atomic E-state index is 11.2. The van der Waals surface area contributed by atoms with Crippen LogP contribution in [0.5, 0.6) is 0 Å². The monoisotopic (exact) mass is 456 g/mol. The molecule has 1 aliphatic rings. The quantitative estimate of drug-likeness (QED) is 0.158. The number of hydrogen-bond acceptors (Lipinski definition) is 6. The van der Waals surface area contributed by atoms with Gasteiger partial charge in [-0.15, -0.1) is 0 Å². The molecule has 0 spiro atoms. The number of rotatable bonds is 20. The van der Waals surface area contributed by atoms with Crippen molar-refractivity contribution >= 4 is 5.97 Å². The largest absolute Gasteiger partial charge is 0.459 e. The van der Waals surface area contributed by atoms with Gasteiger partial charge in [-0.05, 0) is 38.5 Å². The van der Waals surface area contributed by atoms with Crippen LogP contribution in [-0.2, 0) is 9.53 Å². The minimum atomic E-state index is -0.804. The lowest BCUT2D eigenvalue weighted by molar-refractivity contribution is -0.145. The summed E-state index contributed by atoms with van der Waals surface area (Å²) in [6.45, 7) is 2.24. The molecule has 1 aliphatic heterocycles. The van der Waals surface area contributed by atoms with Crippen LogP contribution in [0, 0.1) is 0 Å². The van der Waals surface area contributed by atoms with Crippen LogP contribution in [-0.4, -0.2) is 56.9 Å². The predicted molar refractivity (Wildman–Crippen MR) is 127 cm³/mol. The number of ether oxygens (including phenoxy) is 1. The lowest BCUT2D eigenvalue weighted by Gasteiger charge is -2.23. The van der Waals surface area contributed by atoms with Crippen LogP contribution in [0.3, 0.4) is 0 Å². The molecule has 4 N–H and O–H groups in total. The fraction of sp³-hybridized carbons (Fsp3) is 0.885. The number of carbonyl (C=O) groups excluding carboxylic acids is 1. The standard InChI is InChI=1S/C26H48O6/c1-2-3-4-5-6-7-8-9-10-13-21(27)14-11-15-22(28)18-23(29)19-24(30)20-25-16-12-17-26(31)32-25/h12,17,21-25,27-30H,2-11,13-16,18-20H2,1H3. The van der Waals surface area contributed by atoms with Crippen molar-refractivity contribution in [3.05, 3.63) is 12.2 Å². The van der Waals surface area contributed by atoms with Gasteiger partial charge in [0.1, 0.15) is 6.10 Å². The topological polar surface area (TPSA) is 107 Å². The van der Waals surface area contributed by atoms with Crippen molar-refractivity contribution in [3.63, 3.8) is 0 Å². The average Bonchev–Trinajstić information content (AvgIpc) is 2.72. The van der Waals surface area contributed by atoms with E-state index in [1.54, 1.807) is 6.08 Å². The summed E-state index contributed by atoms with van der Waals surface area (Å²) in [4.78, 5) is 11.2. The number of aliphatic hydroxyl groups is 4. The molecule has 0 radical (unpaired) electrons. The number of hydrogen-bond donors (Lipinski definition) is 4. The summed E-state index contributed by atoms with van der Waals surface area (Å²) in [5.74, 6) is -0.399. The zero-order chi connectivity index (χ0) is 23.6. The molecule has 0 aromatic carbocycles. The molecule has 0 amide bonds. The molecular weight excluding hydrogens is 408 g/mol. The van der Waals surface area contributed by atoms with Crippen LogP contribution in [0.2, 0.25) is 0 Å². The van der Waals surface area contributed by atoms with Crippen molar-refractivity contribution in [2.45, 2.75) is 147 Å². The lowest BCUT2D eigenvalue weighted by atomic mass is 9.97. The maximum Gasteiger partial charge on any atom is 0.330 e. The van der Waals surface area contributed by atoms with Gasteiger partial charge in [0.05, 0.1) is 24.4 Å². The van der Waals surface area contributed by atoms with E-state index in [1.807, 2.05) is 0 Å². The van der Waals surface area contributed by atoms with E-state index < -0.39 is 24.3 Å². The van der Waals surface area contributed by atoms with Gasteiger partial charge in [0.25, 0.3) is 0 Å². The van der Waals surface area contributed by atoms with Crippen LogP contribution in [0.1, 0.15) is 116 Å². The van der Waals surface area contributed by atoms with E-state index >= 15 is 0 Å². The Morgan fingerprint density at radius 2 is 1.34 bits per heavy atom. The summed E-state index contributed by atoms with van der Waals surface area (Å²) in [7, 11) is 0. The SMILES string of the molecule is CCCCCCCCCCCC(O)CCCC(O)CC(O)CC(O)CC1CC=CC(=O)O1. The van der Waals surface area contributed by atoms with E-state index in [9.17, 15) is 25.2 Å². The van der Waals surface area contributed by atoms with Crippen molar-refractivity contribution in [1.29, 1.82) is 0 Å². The molecule has 5 atom stereocenters. The summed E-state index contributed by atoms with van der Waals surface area (Å²) in [5.41, 5.74) is 0. The van der Waals surface area contributed by atoms with Gasteiger partial charge in [-0.25, -0.2) is 4.79 Å². The highest BCUT2D eigenvalue weighted by atomic mass is 16.5. The molecular formula is C26H48O6. The van der Waals surface area contributed by atoms with Crippen molar-refractivity contribution in [1.82, 2.24) is 0 Å². The number of aliphatic hydroxyl groups excluding tert-OH is 4. The smallest absolute Gasteiger partial charge is 0.330 e. The first-order valence-electron chi connectivity index (χ1n) is 13.0. The van der Waals surface area contributed by atoms with E-state index in [4.69, 9.17) is 4.74 Å². The molecule has 6 heteroatoms. The third-order valence-corrected chi connectivity index (χ3v) is 6.27. The average molecular weight is 457 g/mol. The number of carbonyl (C=O) groups is 1. The first kappa shape index (κ1) is 29.1. The molecule has 0 fully saturated rings. The van der Waals surface area contributed by atoms with E-state index in [-0.39, 0.29) is 31.5 Å². The van der Waals surface area contributed by atoms with Crippen LogP contribution in [0.25, 0.3) is 0 Å². The first-order valence-corrected chi connectivity index (χ1v) is 13.0. The first-order chi connectivity index (χ1) is 15.4. The van der Waals surface area contributed by atoms with E-state index in [1.165, 1.54) is 57.4 Å². The zero-order valence-electron chi connectivity index (χ0n) is 20.2. The van der Waals surface area contributed by atoms with Crippen LogP contribution < -0.4 is 0 Å². The summed E-state index contributed by atoms with van der Waals surface area (Å²) < 4.78 is 5.12. The third-order valence-electron chi connectivity index (χ3n) is 6.27. The molecule has 0 aromatic heterocycles. The zero-order valence-corrected chi connectivity index (χ0v) is 20.2. The fourth-order valence-corrected chi connectivity index (χ4v) is 4.38. The third kappa shape index (κ3) is 15.8. The predicted octanol–water partition coefficient (Wildman–Crippen LogP) is 4.56. The number of unbranched alkanes of at least 4 members (excludes halogenated alkanes) is 8. The molecule has 5 unspecified atom stereocenters. The van der Waals surface area contributed by atoms with Crippen molar-refractivity contribution in [2.24, 2.45) is 0 Å². The summed E-state index contributed by atoms with van der Waals surface area (Å²) in [6, 6.07) is 0. The van der Waals surface area contributed by atoms with Crippen LogP contribution >= 0.6 is 0 Å². The second-order valence-electron chi connectivity index (χ2n) is 9.57. The normalized spacial score (nSPS) is 20.0. The van der Waals surface area contributed by atoms with Crippen molar-refractivity contribution < 1.29 is 30.0 Å². The lowest BCUT2D eigenvalue weighted by Crippen LogP contribution is -2.29. The maximum absolute atomic E-state index is 11.2. The van der Waals surface area contributed by atoms with Gasteiger partial charge in [-0.1, -0.05) is 70.8 Å². The minimum Gasteiger partial charge on any atom is -0.459 e. The van der Waals surface area contributed by atoms with Gasteiger partial charge in [-0.2, -0.15) is 0 Å². The fourth-order valence-electron chi connectivity index (χ4n) is 4.38. The van der Waals surface area contributed by atoms with Gasteiger partial charge in [0.15, 0.2) is 0 Å². The minimum absolute atomic E-state index is 0.149. The summed E-state index contributed by atoms with van der Waals surface area (Å²) in [5, 5.41) is 40.5. The Morgan fingerprint density at radius 1 is 0.781 bits per heavy atom. The van der Waals surface area contributed by atoms with Crippen LogP contribution in [0.15, 0.2) is 12.2 Å². The van der Waals surface area contributed by atoms with Gasteiger partial charge in [-0.3, -0.25) is 0 Å². The Morgan fingerprint density at radius 3 is 2.00 bits per heavy atom. The van der Waals surface area contributed by atoms with E-state index in [2.05, 4.69) is 6.92 Å². The Hall–Kier alpha value is -0.950. The Bertz CT molecular complexity index is 495. The highest BCUT2D eigenvalue weighted by Crippen LogP contribution is 2.19. The highest BCUT2D eigenvalue weighted by molar-refractivity contribution is 5.82. The molecule has 1 rings (SSSR count). The van der Waals surface area contributed by atoms with Crippen LogP contribution in [0.4, 0.5) is 0 Å². The van der Waals surface area contributed by atoms with Gasteiger partial charge in [0, 0.05) is 18.9 Å². The molecule has 32 heavy (non-hydrogen) atoms. The van der Waals surface area contributed by atoms with Crippen molar-refractivity contribution in [3.8, 4) is 0 Å². The molecule has 6 nitrogen and oxygen atoms in total. The summed E-state index contributed by atoms with van der Waals surface area (Å²) >= 11 is 0. The second-order valence-corrected chi connectivity index (χ2v) is 9.57. The Kier molecular flexibility index (Phi) is 16.8.